The van der Waals surface area contributed by atoms with E-state index in [9.17, 15) is 0 Å². The number of nitrogens with zero attached hydrogens (tertiary/aromatic N) is 1. The highest BCUT2D eigenvalue weighted by Crippen LogP contribution is 2.21. The van der Waals surface area contributed by atoms with Crippen LogP contribution in [0.1, 0.15) is 28.1 Å². The molecule has 0 aliphatic heterocycles. The van der Waals surface area contributed by atoms with Crippen molar-refractivity contribution in [1.82, 2.24) is 4.98 Å². The third-order valence-electron chi connectivity index (χ3n) is 3.45. The van der Waals surface area contributed by atoms with Crippen LogP contribution in [0.2, 0.25) is 0 Å². The van der Waals surface area contributed by atoms with Crippen molar-refractivity contribution in [3.05, 3.63) is 51.5 Å². The van der Waals surface area contributed by atoms with E-state index in [-0.39, 0.29) is 0 Å². The molecule has 2 aromatic rings. The Morgan fingerprint density at radius 1 is 1.32 bits per heavy atom. The second kappa shape index (κ2) is 7.06. The van der Waals surface area contributed by atoms with E-state index in [0.717, 1.165) is 25.1 Å². The van der Waals surface area contributed by atoms with Crippen LogP contribution in [0.4, 0.5) is 0 Å². The van der Waals surface area contributed by atoms with Gasteiger partial charge in [0.15, 0.2) is 0 Å². The molecule has 0 amide bonds. The van der Waals surface area contributed by atoms with Crippen LogP contribution < -0.4 is 0 Å². The number of rotatable bonds is 6. The van der Waals surface area contributed by atoms with Gasteiger partial charge in [0.2, 0.25) is 0 Å². The van der Waals surface area contributed by atoms with Crippen LogP contribution in [0.5, 0.6) is 0 Å². The minimum absolute atomic E-state index is 0.546. The largest absolute Gasteiger partial charge is 0.250 e. The van der Waals surface area contributed by atoms with Crippen molar-refractivity contribution in [2.24, 2.45) is 5.92 Å². The normalized spacial score (nSPS) is 12.6. The molecule has 1 aromatic carbocycles. The number of alkyl halides is 1. The van der Waals surface area contributed by atoms with Crippen LogP contribution in [0.25, 0.3) is 0 Å². The van der Waals surface area contributed by atoms with Crippen molar-refractivity contribution in [3.63, 3.8) is 0 Å². The van der Waals surface area contributed by atoms with Gasteiger partial charge < -0.3 is 0 Å². The molecule has 0 radical (unpaired) electrons. The van der Waals surface area contributed by atoms with E-state index in [1.807, 2.05) is 5.51 Å². The molecule has 0 bridgehead atoms. The molecule has 0 saturated carbocycles. The maximum atomic E-state index is 6.12. The first kappa shape index (κ1) is 14.5. The summed E-state index contributed by atoms with van der Waals surface area (Å²) >= 11 is 7.88. The molecule has 1 heterocycles. The lowest BCUT2D eigenvalue weighted by molar-refractivity contribution is 0.538. The smallest absolute Gasteiger partial charge is 0.0797 e. The number of aromatic nitrogens is 1. The predicted octanol–water partition coefficient (Wildman–Crippen LogP) is 4.79. The van der Waals surface area contributed by atoms with Crippen molar-refractivity contribution in [3.8, 4) is 0 Å². The number of hydrogen-bond acceptors (Lipinski definition) is 2. The molecule has 102 valence electrons. The summed E-state index contributed by atoms with van der Waals surface area (Å²) in [6, 6.07) is 8.73. The standard InChI is InChI=1S/C16H20ClNS/c1-12-4-3-5-14(8-12)9-15(10-17)6-7-16-13(2)18-11-19-16/h3-5,8,11,15H,6-7,9-10H2,1-2H3. The average Bonchev–Trinajstić information content (AvgIpc) is 2.80. The van der Waals surface area contributed by atoms with Crippen LogP contribution in [0.15, 0.2) is 29.8 Å². The van der Waals surface area contributed by atoms with Crippen LogP contribution in [-0.4, -0.2) is 10.9 Å². The molecule has 1 atom stereocenters. The fourth-order valence-electron chi connectivity index (χ4n) is 2.31. The number of benzene rings is 1. The first-order chi connectivity index (χ1) is 9.19. The van der Waals surface area contributed by atoms with Gasteiger partial charge in [0, 0.05) is 10.8 Å². The summed E-state index contributed by atoms with van der Waals surface area (Å²) in [6.45, 7) is 4.22. The highest BCUT2D eigenvalue weighted by atomic mass is 35.5. The maximum Gasteiger partial charge on any atom is 0.0797 e. The Morgan fingerprint density at radius 2 is 2.16 bits per heavy atom. The summed E-state index contributed by atoms with van der Waals surface area (Å²) < 4.78 is 0. The minimum atomic E-state index is 0.546. The van der Waals surface area contributed by atoms with Crippen LogP contribution in [0.3, 0.4) is 0 Å². The summed E-state index contributed by atoms with van der Waals surface area (Å²) in [6.07, 6.45) is 3.31. The van der Waals surface area contributed by atoms with Gasteiger partial charge in [-0.1, -0.05) is 29.8 Å². The molecule has 0 saturated heterocycles. The fourth-order valence-corrected chi connectivity index (χ4v) is 3.37. The quantitative estimate of drug-likeness (QED) is 0.698. The van der Waals surface area contributed by atoms with Crippen molar-refractivity contribution in [2.75, 3.05) is 5.88 Å². The SMILES string of the molecule is Cc1cccc(CC(CCl)CCc2scnc2C)c1. The molecule has 19 heavy (non-hydrogen) atoms. The molecule has 0 fully saturated rings. The Morgan fingerprint density at radius 3 is 2.79 bits per heavy atom. The highest BCUT2D eigenvalue weighted by molar-refractivity contribution is 7.09. The van der Waals surface area contributed by atoms with Gasteiger partial charge in [0.1, 0.15) is 0 Å². The summed E-state index contributed by atoms with van der Waals surface area (Å²) in [4.78, 5) is 5.70. The van der Waals surface area contributed by atoms with Gasteiger partial charge in [-0.2, -0.15) is 0 Å². The van der Waals surface area contributed by atoms with E-state index < -0.39 is 0 Å². The van der Waals surface area contributed by atoms with E-state index in [4.69, 9.17) is 11.6 Å². The van der Waals surface area contributed by atoms with Gasteiger partial charge in [0.05, 0.1) is 11.2 Å². The number of aryl methyl sites for hydroxylation is 3. The van der Waals surface area contributed by atoms with E-state index in [2.05, 4.69) is 43.1 Å². The lowest BCUT2D eigenvalue weighted by atomic mass is 9.95. The summed E-state index contributed by atoms with van der Waals surface area (Å²) in [7, 11) is 0. The van der Waals surface area contributed by atoms with Crippen molar-refractivity contribution in [2.45, 2.75) is 33.1 Å². The van der Waals surface area contributed by atoms with Gasteiger partial charge in [0.25, 0.3) is 0 Å². The van der Waals surface area contributed by atoms with Gasteiger partial charge in [-0.25, -0.2) is 4.98 Å². The number of halogens is 1. The van der Waals surface area contributed by atoms with Crippen LogP contribution in [-0.2, 0) is 12.8 Å². The monoisotopic (exact) mass is 293 g/mol. The topological polar surface area (TPSA) is 12.9 Å². The molecule has 1 nitrogen and oxygen atoms in total. The predicted molar refractivity (Wildman–Crippen MR) is 84.3 cm³/mol. The third kappa shape index (κ3) is 4.32. The van der Waals surface area contributed by atoms with Crippen molar-refractivity contribution < 1.29 is 0 Å². The Bertz CT molecular complexity index is 521. The highest BCUT2D eigenvalue weighted by Gasteiger charge is 2.11. The summed E-state index contributed by atoms with van der Waals surface area (Å²) in [5.74, 6) is 1.27. The molecule has 0 aliphatic rings. The van der Waals surface area contributed by atoms with E-state index in [1.165, 1.54) is 21.7 Å². The molecule has 0 N–H and O–H groups in total. The van der Waals surface area contributed by atoms with E-state index >= 15 is 0 Å². The Balaban J connectivity index is 1.92. The van der Waals surface area contributed by atoms with Gasteiger partial charge in [-0.3, -0.25) is 0 Å². The Hall–Kier alpha value is -0.860. The molecular formula is C16H20ClNS. The first-order valence-corrected chi connectivity index (χ1v) is 8.11. The zero-order chi connectivity index (χ0) is 13.7. The van der Waals surface area contributed by atoms with Crippen molar-refractivity contribution in [1.29, 1.82) is 0 Å². The van der Waals surface area contributed by atoms with E-state index in [1.54, 1.807) is 11.3 Å². The molecule has 0 aliphatic carbocycles. The molecule has 1 unspecified atom stereocenters. The molecule has 1 aromatic heterocycles. The number of hydrogen-bond donors (Lipinski definition) is 0. The number of thiazole rings is 1. The lowest BCUT2D eigenvalue weighted by Gasteiger charge is -2.14. The average molecular weight is 294 g/mol. The lowest BCUT2D eigenvalue weighted by Crippen LogP contribution is -2.08. The van der Waals surface area contributed by atoms with Crippen LogP contribution in [0, 0.1) is 19.8 Å². The second-order valence-electron chi connectivity index (χ2n) is 5.11. The fraction of sp³-hybridized carbons (Fsp3) is 0.438. The van der Waals surface area contributed by atoms with Gasteiger partial charge in [-0.05, 0) is 44.6 Å². The summed E-state index contributed by atoms with van der Waals surface area (Å²) in [5, 5.41) is 0. The zero-order valence-electron chi connectivity index (χ0n) is 11.5. The second-order valence-corrected chi connectivity index (χ2v) is 6.36. The first-order valence-electron chi connectivity index (χ1n) is 6.69. The molecular weight excluding hydrogens is 274 g/mol. The Labute approximate surface area is 124 Å². The molecule has 0 spiro atoms. The Kier molecular flexibility index (Phi) is 5.41. The molecule has 3 heteroatoms. The van der Waals surface area contributed by atoms with E-state index in [0.29, 0.717) is 5.92 Å². The van der Waals surface area contributed by atoms with Gasteiger partial charge in [-0.15, -0.1) is 22.9 Å². The molecule has 2 rings (SSSR count). The van der Waals surface area contributed by atoms with Crippen molar-refractivity contribution >= 4 is 22.9 Å². The third-order valence-corrected chi connectivity index (χ3v) is 4.88. The zero-order valence-corrected chi connectivity index (χ0v) is 13.1. The minimum Gasteiger partial charge on any atom is -0.250 e. The summed E-state index contributed by atoms with van der Waals surface area (Å²) in [5.41, 5.74) is 5.82. The maximum absolute atomic E-state index is 6.12. The van der Waals surface area contributed by atoms with Crippen LogP contribution >= 0.6 is 22.9 Å². The van der Waals surface area contributed by atoms with Gasteiger partial charge >= 0.3 is 0 Å².